The van der Waals surface area contributed by atoms with E-state index in [0.29, 0.717) is 18.4 Å². The largest absolute Gasteiger partial charge is 0.423 e. The predicted molar refractivity (Wildman–Crippen MR) is 127 cm³/mol. The third-order valence-corrected chi connectivity index (χ3v) is 8.41. The first kappa shape index (κ1) is 25.6. The van der Waals surface area contributed by atoms with Crippen LogP contribution in [0.15, 0.2) is 18.2 Å². The minimum absolute atomic E-state index is 0.116. The molecule has 0 radical (unpaired) electrons. The molecule has 0 unspecified atom stereocenters. The summed E-state index contributed by atoms with van der Waals surface area (Å²) in [5.41, 5.74) is -0.868. The molecule has 0 spiro atoms. The van der Waals surface area contributed by atoms with Crippen LogP contribution in [0.25, 0.3) is 0 Å². The van der Waals surface area contributed by atoms with E-state index in [9.17, 15) is 13.6 Å². The number of halogens is 2. The number of hydrogen-bond donors (Lipinski definition) is 0. The van der Waals surface area contributed by atoms with Gasteiger partial charge >= 0.3 is 5.97 Å². The fourth-order valence-corrected chi connectivity index (χ4v) is 6.30. The van der Waals surface area contributed by atoms with Crippen LogP contribution in [-0.2, 0) is 14.3 Å². The maximum Gasteiger partial charge on any atom is 0.368 e. The van der Waals surface area contributed by atoms with Crippen LogP contribution in [0.5, 0.6) is 5.75 Å². The van der Waals surface area contributed by atoms with E-state index in [0.717, 1.165) is 30.6 Å². The highest BCUT2D eigenvalue weighted by atomic mass is 19.1. The van der Waals surface area contributed by atoms with Crippen molar-refractivity contribution in [2.75, 3.05) is 13.2 Å². The van der Waals surface area contributed by atoms with Crippen LogP contribution in [0.3, 0.4) is 0 Å². The van der Waals surface area contributed by atoms with Gasteiger partial charge in [-0.1, -0.05) is 45.6 Å². The molecule has 4 nitrogen and oxygen atoms in total. The Morgan fingerprint density at radius 1 is 1.00 bits per heavy atom. The lowest BCUT2D eigenvalue weighted by atomic mass is 9.68. The van der Waals surface area contributed by atoms with E-state index in [2.05, 4.69) is 6.92 Å². The number of alkyl halides is 1. The van der Waals surface area contributed by atoms with E-state index in [1.54, 1.807) is 12.1 Å². The third-order valence-electron chi connectivity index (χ3n) is 8.41. The smallest absolute Gasteiger partial charge is 0.368 e. The van der Waals surface area contributed by atoms with Crippen molar-refractivity contribution in [3.8, 4) is 5.75 Å². The number of carbonyl (C=O) groups is 1. The van der Waals surface area contributed by atoms with Gasteiger partial charge in [-0.25, -0.2) is 13.6 Å². The summed E-state index contributed by atoms with van der Waals surface area (Å²) < 4.78 is 45.1. The minimum atomic E-state index is -1.58. The maximum absolute atomic E-state index is 14.9. The lowest BCUT2D eigenvalue weighted by Gasteiger charge is -2.38. The Bertz CT molecular complexity index is 805. The number of ether oxygens (including phenoxy) is 3. The van der Waals surface area contributed by atoms with Gasteiger partial charge in [0.25, 0.3) is 6.29 Å². The highest BCUT2D eigenvalue weighted by Crippen LogP contribution is 2.45. The molecular weight excluding hydrogens is 438 g/mol. The second-order valence-corrected chi connectivity index (χ2v) is 10.8. The maximum atomic E-state index is 14.9. The summed E-state index contributed by atoms with van der Waals surface area (Å²) in [6.07, 6.45) is 10.8. The van der Waals surface area contributed by atoms with Crippen molar-refractivity contribution in [1.29, 1.82) is 0 Å². The van der Waals surface area contributed by atoms with Gasteiger partial charge in [-0.3, -0.25) is 0 Å². The molecule has 0 amide bonds. The topological polar surface area (TPSA) is 44.8 Å². The molecule has 190 valence electrons. The summed E-state index contributed by atoms with van der Waals surface area (Å²) in [6, 6.07) is 4.64. The van der Waals surface area contributed by atoms with Gasteiger partial charge in [0.1, 0.15) is 11.6 Å². The van der Waals surface area contributed by atoms with Crippen molar-refractivity contribution in [2.24, 2.45) is 17.8 Å². The molecule has 0 bridgehead atoms. The molecule has 0 aromatic heterocycles. The number of carbonyl (C=O) groups excluding carboxylic acids is 1. The molecule has 3 aliphatic rings. The Hall–Kier alpha value is -1.53. The first-order valence-corrected chi connectivity index (χ1v) is 13.3. The summed E-state index contributed by atoms with van der Waals surface area (Å²) in [7, 11) is 0. The summed E-state index contributed by atoms with van der Waals surface area (Å²) in [5.74, 6) is 1.76. The third kappa shape index (κ3) is 6.17. The van der Waals surface area contributed by atoms with Crippen LogP contribution >= 0.6 is 0 Å². The van der Waals surface area contributed by atoms with E-state index in [4.69, 9.17) is 14.2 Å². The van der Waals surface area contributed by atoms with Gasteiger partial charge < -0.3 is 14.2 Å². The first-order valence-electron chi connectivity index (χ1n) is 13.3. The van der Waals surface area contributed by atoms with Crippen molar-refractivity contribution < 1.29 is 27.8 Å². The van der Waals surface area contributed by atoms with Crippen molar-refractivity contribution in [3.63, 3.8) is 0 Å². The van der Waals surface area contributed by atoms with Crippen molar-refractivity contribution in [3.05, 3.63) is 29.6 Å². The van der Waals surface area contributed by atoms with E-state index in [-0.39, 0.29) is 30.7 Å². The van der Waals surface area contributed by atoms with Gasteiger partial charge in [-0.15, -0.1) is 0 Å². The highest BCUT2D eigenvalue weighted by molar-refractivity contribution is 5.76. The average molecular weight is 479 g/mol. The molecule has 1 aromatic rings. The van der Waals surface area contributed by atoms with Crippen LogP contribution in [0.1, 0.15) is 96.0 Å². The lowest BCUT2D eigenvalue weighted by molar-refractivity contribution is -0.237. The fraction of sp³-hybridized carbons (Fsp3) is 0.750. The summed E-state index contributed by atoms with van der Waals surface area (Å²) in [4.78, 5) is 12.3. The highest BCUT2D eigenvalue weighted by Gasteiger charge is 2.39. The lowest BCUT2D eigenvalue weighted by Crippen LogP contribution is -2.47. The van der Waals surface area contributed by atoms with Gasteiger partial charge in [-0.05, 0) is 80.2 Å². The Morgan fingerprint density at radius 2 is 1.62 bits per heavy atom. The van der Waals surface area contributed by atoms with Gasteiger partial charge in [0.05, 0.1) is 13.2 Å². The molecule has 1 aromatic carbocycles. The van der Waals surface area contributed by atoms with Crippen molar-refractivity contribution >= 4 is 5.97 Å². The zero-order valence-corrected chi connectivity index (χ0v) is 20.7. The van der Waals surface area contributed by atoms with E-state index in [1.165, 1.54) is 51.0 Å². The van der Waals surface area contributed by atoms with Crippen molar-refractivity contribution in [2.45, 2.75) is 102 Å². The molecule has 1 heterocycles. The molecule has 0 atom stereocenters. The van der Waals surface area contributed by atoms with Crippen LogP contribution in [-0.4, -0.2) is 31.1 Å². The molecule has 2 saturated carbocycles. The molecule has 1 saturated heterocycles. The molecule has 0 N–H and O–H groups in total. The molecule has 34 heavy (non-hydrogen) atoms. The van der Waals surface area contributed by atoms with Gasteiger partial charge in [0, 0.05) is 6.07 Å². The predicted octanol–water partition coefficient (Wildman–Crippen LogP) is 7.10. The average Bonchev–Trinajstić information content (AvgIpc) is 2.85. The zero-order chi connectivity index (χ0) is 24.1. The molecular formula is C28H40F2O4. The van der Waals surface area contributed by atoms with Crippen LogP contribution in [0, 0.1) is 23.6 Å². The number of rotatable bonds is 7. The number of esters is 1. The fourth-order valence-electron chi connectivity index (χ4n) is 6.30. The molecule has 1 aliphatic heterocycles. The summed E-state index contributed by atoms with van der Waals surface area (Å²) in [6.45, 7) is 3.76. The number of benzene rings is 1. The quantitative estimate of drug-likeness (QED) is 0.310. The van der Waals surface area contributed by atoms with E-state index >= 15 is 0 Å². The second kappa shape index (κ2) is 11.5. The van der Waals surface area contributed by atoms with Crippen molar-refractivity contribution in [1.82, 2.24) is 0 Å². The van der Waals surface area contributed by atoms with Crippen LogP contribution < -0.4 is 4.74 Å². The van der Waals surface area contributed by atoms with Gasteiger partial charge in [-0.2, -0.15) is 0 Å². The molecule has 4 rings (SSSR count). The minimum Gasteiger partial charge on any atom is -0.423 e. The van der Waals surface area contributed by atoms with E-state index < -0.39 is 17.9 Å². The molecule has 6 heteroatoms. The van der Waals surface area contributed by atoms with E-state index in [1.807, 2.05) is 6.92 Å². The summed E-state index contributed by atoms with van der Waals surface area (Å²) in [5, 5.41) is 0. The molecule has 2 aliphatic carbocycles. The zero-order valence-electron chi connectivity index (χ0n) is 20.7. The Balaban J connectivity index is 1.26. The number of hydrogen-bond acceptors (Lipinski definition) is 4. The van der Waals surface area contributed by atoms with Crippen LogP contribution in [0.4, 0.5) is 8.78 Å². The second-order valence-electron chi connectivity index (χ2n) is 10.8. The monoisotopic (exact) mass is 478 g/mol. The van der Waals surface area contributed by atoms with Gasteiger partial charge in [0.2, 0.25) is 0 Å². The summed E-state index contributed by atoms with van der Waals surface area (Å²) >= 11 is 0. The standard InChI is InChI=1S/C28H40F2O4/c1-3-15-28(30)17-32-27(33-18-28)26(31)34-23-13-14-24(25(29)16-23)22-11-9-21(10-12-22)20-7-5-19(4-2)6-8-20/h13-14,16,19-22,27H,3-12,15,17-18H2,1-2H3. The Morgan fingerprint density at radius 3 is 2.18 bits per heavy atom. The van der Waals surface area contributed by atoms with Gasteiger partial charge in [0.15, 0.2) is 5.67 Å². The Labute approximate surface area is 202 Å². The Kier molecular flexibility index (Phi) is 8.62. The normalized spacial score (nSPS) is 34.5. The SMILES string of the molecule is CCCC1(F)COC(C(=O)Oc2ccc(C3CCC(C4CCC(CC)CC4)CC3)c(F)c2)OC1. The first-order chi connectivity index (χ1) is 16.4. The van der Waals surface area contributed by atoms with Crippen LogP contribution in [0.2, 0.25) is 0 Å². The molecule has 3 fully saturated rings.